The molecule has 0 spiro atoms. The van der Waals surface area contributed by atoms with Gasteiger partial charge in [0.05, 0.1) is 0 Å². The maximum Gasteiger partial charge on any atom is 0.405 e. The van der Waals surface area contributed by atoms with Gasteiger partial charge in [0, 0.05) is 5.70 Å². The number of amides is 2. The Labute approximate surface area is 129 Å². The Bertz CT molecular complexity index is 555. The van der Waals surface area contributed by atoms with E-state index in [1.807, 2.05) is 13.0 Å². The number of carbonyl (C=O) groups is 3. The Morgan fingerprint density at radius 2 is 1.86 bits per heavy atom. The van der Waals surface area contributed by atoms with Crippen molar-refractivity contribution in [1.82, 2.24) is 10.6 Å². The molecule has 22 heavy (non-hydrogen) atoms. The normalized spacial score (nSPS) is 11.3. The fourth-order valence-corrected chi connectivity index (χ4v) is 1.89. The van der Waals surface area contributed by atoms with Gasteiger partial charge in [0.25, 0.3) is 5.91 Å². The summed E-state index contributed by atoms with van der Waals surface area (Å²) in [7, 11) is 0. The van der Waals surface area contributed by atoms with Gasteiger partial charge in [0.1, 0.15) is 6.04 Å². The summed E-state index contributed by atoms with van der Waals surface area (Å²) in [6, 6.07) is 7.84. The standard InChI is InChI=1S/C16H20N2O4/c1-3-4-10-13(18-16(21)22)14(19)15(20)17-11(2)12-8-6-5-7-9-12/h5-9,13,18H,2-4,10H2,1H3,(H,17,20)(H,21,22)/t13-/m0/s1. The summed E-state index contributed by atoms with van der Waals surface area (Å²) < 4.78 is 0. The Kier molecular flexibility index (Phi) is 6.82. The van der Waals surface area contributed by atoms with Crippen LogP contribution in [0.2, 0.25) is 0 Å². The molecule has 1 atom stereocenters. The summed E-state index contributed by atoms with van der Waals surface area (Å²) in [5.41, 5.74) is 0.975. The molecular weight excluding hydrogens is 284 g/mol. The molecule has 0 aliphatic rings. The number of ketones is 1. The molecule has 0 bridgehead atoms. The Hall–Kier alpha value is -2.63. The fourth-order valence-electron chi connectivity index (χ4n) is 1.89. The summed E-state index contributed by atoms with van der Waals surface area (Å²) >= 11 is 0. The predicted octanol–water partition coefficient (Wildman–Crippen LogP) is 2.17. The largest absolute Gasteiger partial charge is 0.465 e. The van der Waals surface area contributed by atoms with Crippen molar-refractivity contribution in [3.8, 4) is 0 Å². The smallest absolute Gasteiger partial charge is 0.405 e. The SMILES string of the molecule is C=C(NC(=O)C(=O)[C@H](CCCC)NC(=O)O)c1ccccc1. The highest BCUT2D eigenvalue weighted by molar-refractivity contribution is 6.39. The highest BCUT2D eigenvalue weighted by Crippen LogP contribution is 2.09. The van der Waals surface area contributed by atoms with Crippen molar-refractivity contribution in [1.29, 1.82) is 0 Å². The summed E-state index contributed by atoms with van der Waals surface area (Å²) in [5, 5.41) is 13.3. The van der Waals surface area contributed by atoms with Gasteiger partial charge in [-0.05, 0) is 12.0 Å². The number of carbonyl (C=O) groups excluding carboxylic acids is 2. The molecule has 0 radical (unpaired) electrons. The van der Waals surface area contributed by atoms with E-state index in [0.717, 1.165) is 6.42 Å². The molecule has 1 aromatic rings. The van der Waals surface area contributed by atoms with E-state index in [1.54, 1.807) is 24.3 Å². The van der Waals surface area contributed by atoms with Crippen molar-refractivity contribution in [2.45, 2.75) is 32.2 Å². The van der Waals surface area contributed by atoms with E-state index in [0.29, 0.717) is 17.7 Å². The second-order valence-corrected chi connectivity index (χ2v) is 4.81. The zero-order valence-corrected chi connectivity index (χ0v) is 12.5. The molecule has 1 aromatic carbocycles. The van der Waals surface area contributed by atoms with Crippen LogP contribution in [0.4, 0.5) is 4.79 Å². The summed E-state index contributed by atoms with van der Waals surface area (Å²) in [5.74, 6) is -1.68. The van der Waals surface area contributed by atoms with Crippen LogP contribution in [0.3, 0.4) is 0 Å². The van der Waals surface area contributed by atoms with Crippen molar-refractivity contribution < 1.29 is 19.5 Å². The van der Waals surface area contributed by atoms with Crippen LogP contribution < -0.4 is 10.6 Å². The third kappa shape index (κ3) is 5.40. The molecule has 0 saturated heterocycles. The first-order valence-electron chi connectivity index (χ1n) is 7.04. The number of unbranched alkanes of at least 4 members (excludes halogenated alkanes) is 1. The third-order valence-corrected chi connectivity index (χ3v) is 3.07. The molecule has 0 aliphatic carbocycles. The number of rotatable bonds is 8. The lowest BCUT2D eigenvalue weighted by Gasteiger charge is -2.15. The van der Waals surface area contributed by atoms with E-state index >= 15 is 0 Å². The summed E-state index contributed by atoms with van der Waals surface area (Å²) in [6.45, 7) is 5.63. The van der Waals surface area contributed by atoms with Crippen LogP contribution in [0.1, 0.15) is 31.7 Å². The minimum atomic E-state index is -1.33. The van der Waals surface area contributed by atoms with Crippen molar-refractivity contribution in [2.75, 3.05) is 0 Å². The van der Waals surface area contributed by atoms with Crippen LogP contribution in [-0.4, -0.2) is 28.9 Å². The molecule has 6 heteroatoms. The van der Waals surface area contributed by atoms with Gasteiger partial charge in [-0.1, -0.05) is 56.7 Å². The van der Waals surface area contributed by atoms with E-state index in [-0.39, 0.29) is 6.42 Å². The van der Waals surface area contributed by atoms with Gasteiger partial charge >= 0.3 is 6.09 Å². The molecule has 0 aromatic heterocycles. The molecule has 0 aliphatic heterocycles. The zero-order chi connectivity index (χ0) is 16.5. The molecule has 118 valence electrons. The van der Waals surface area contributed by atoms with Crippen molar-refractivity contribution in [2.24, 2.45) is 0 Å². The van der Waals surface area contributed by atoms with Gasteiger partial charge in [-0.25, -0.2) is 4.79 Å². The first-order valence-corrected chi connectivity index (χ1v) is 7.04. The maximum absolute atomic E-state index is 12.1. The molecule has 0 unspecified atom stereocenters. The quantitative estimate of drug-likeness (QED) is 0.641. The second-order valence-electron chi connectivity index (χ2n) is 4.81. The van der Waals surface area contributed by atoms with E-state index < -0.39 is 23.8 Å². The van der Waals surface area contributed by atoms with Gasteiger partial charge in [0.15, 0.2) is 0 Å². The first kappa shape index (κ1) is 17.4. The predicted molar refractivity (Wildman–Crippen MR) is 83.1 cm³/mol. The average Bonchev–Trinajstić information content (AvgIpc) is 2.51. The van der Waals surface area contributed by atoms with Crippen LogP contribution in [0, 0.1) is 0 Å². The highest BCUT2D eigenvalue weighted by atomic mass is 16.4. The number of benzene rings is 1. The fraction of sp³-hybridized carbons (Fsp3) is 0.312. The summed E-state index contributed by atoms with van der Waals surface area (Å²) in [4.78, 5) is 34.8. The topological polar surface area (TPSA) is 95.5 Å². The third-order valence-electron chi connectivity index (χ3n) is 3.07. The second kappa shape index (κ2) is 8.61. The molecular formula is C16H20N2O4. The van der Waals surface area contributed by atoms with E-state index in [4.69, 9.17) is 5.11 Å². The van der Waals surface area contributed by atoms with Crippen molar-refractivity contribution in [3.05, 3.63) is 42.5 Å². The molecule has 1 rings (SSSR count). The number of hydrogen-bond acceptors (Lipinski definition) is 3. The van der Waals surface area contributed by atoms with Crippen LogP contribution in [0.25, 0.3) is 5.70 Å². The van der Waals surface area contributed by atoms with Gasteiger partial charge in [-0.15, -0.1) is 0 Å². The Balaban J connectivity index is 2.70. The number of Topliss-reactive ketones (excluding diaryl/α,β-unsaturated/α-hetero) is 1. The monoisotopic (exact) mass is 304 g/mol. The van der Waals surface area contributed by atoms with Crippen LogP contribution in [-0.2, 0) is 9.59 Å². The lowest BCUT2D eigenvalue weighted by atomic mass is 10.0. The van der Waals surface area contributed by atoms with Crippen LogP contribution >= 0.6 is 0 Å². The van der Waals surface area contributed by atoms with Crippen molar-refractivity contribution >= 4 is 23.5 Å². The van der Waals surface area contributed by atoms with Crippen LogP contribution in [0.5, 0.6) is 0 Å². The minimum Gasteiger partial charge on any atom is -0.465 e. The molecule has 0 fully saturated rings. The van der Waals surface area contributed by atoms with Crippen molar-refractivity contribution in [3.63, 3.8) is 0 Å². The molecule has 0 heterocycles. The molecule has 2 amide bonds. The van der Waals surface area contributed by atoms with E-state index in [1.165, 1.54) is 0 Å². The Morgan fingerprint density at radius 1 is 1.23 bits per heavy atom. The number of carboxylic acid groups (broad SMARTS) is 1. The van der Waals surface area contributed by atoms with Gasteiger partial charge in [0.2, 0.25) is 5.78 Å². The van der Waals surface area contributed by atoms with Gasteiger partial charge < -0.3 is 15.7 Å². The maximum atomic E-state index is 12.1. The number of hydrogen-bond donors (Lipinski definition) is 3. The lowest BCUT2D eigenvalue weighted by Crippen LogP contribution is -2.46. The molecule has 3 N–H and O–H groups in total. The summed E-state index contributed by atoms with van der Waals surface area (Å²) in [6.07, 6.45) is 0.393. The average molecular weight is 304 g/mol. The van der Waals surface area contributed by atoms with E-state index in [2.05, 4.69) is 17.2 Å². The molecule has 6 nitrogen and oxygen atoms in total. The van der Waals surface area contributed by atoms with E-state index in [9.17, 15) is 14.4 Å². The lowest BCUT2D eigenvalue weighted by molar-refractivity contribution is -0.138. The molecule has 0 saturated carbocycles. The van der Waals surface area contributed by atoms with Crippen LogP contribution in [0.15, 0.2) is 36.9 Å². The van der Waals surface area contributed by atoms with Gasteiger partial charge in [-0.2, -0.15) is 0 Å². The zero-order valence-electron chi connectivity index (χ0n) is 12.5. The highest BCUT2D eigenvalue weighted by Gasteiger charge is 2.26. The van der Waals surface area contributed by atoms with Gasteiger partial charge in [-0.3, -0.25) is 9.59 Å². The first-order chi connectivity index (χ1) is 10.5. The minimum absolute atomic E-state index is 0.285. The number of nitrogens with one attached hydrogen (secondary N) is 2. The Morgan fingerprint density at radius 3 is 2.41 bits per heavy atom.